The summed E-state index contributed by atoms with van der Waals surface area (Å²) in [6.45, 7) is 5.48. The first-order valence-corrected chi connectivity index (χ1v) is 13.0. The monoisotopic (exact) mass is 503 g/mol. The lowest BCUT2D eigenvalue weighted by Gasteiger charge is -2.36. The van der Waals surface area contributed by atoms with Crippen LogP contribution in [0.3, 0.4) is 0 Å². The van der Waals surface area contributed by atoms with Gasteiger partial charge in [0.2, 0.25) is 5.91 Å². The minimum absolute atomic E-state index is 0.0249. The SMILES string of the molecule is CC1=C(C(=O)OC(C)C)[C@@H](c2cccc(Oc3ccccc3)c2)N2C(CC(=O)NC3CC3)=CSC2=N1. The third kappa shape index (κ3) is 5.33. The molecule has 7 nitrogen and oxygen atoms in total. The third-order valence-corrected chi connectivity index (χ3v) is 6.89. The van der Waals surface area contributed by atoms with Crippen molar-refractivity contribution in [1.82, 2.24) is 10.2 Å². The van der Waals surface area contributed by atoms with Gasteiger partial charge in [-0.15, -0.1) is 0 Å². The first-order chi connectivity index (χ1) is 17.4. The van der Waals surface area contributed by atoms with Gasteiger partial charge < -0.3 is 19.7 Å². The highest BCUT2D eigenvalue weighted by atomic mass is 32.2. The van der Waals surface area contributed by atoms with Gasteiger partial charge >= 0.3 is 5.97 Å². The molecule has 0 spiro atoms. The summed E-state index contributed by atoms with van der Waals surface area (Å²) in [6, 6.07) is 17.0. The lowest BCUT2D eigenvalue weighted by molar-refractivity contribution is -0.143. The fourth-order valence-electron chi connectivity index (χ4n) is 4.27. The van der Waals surface area contributed by atoms with E-state index in [-0.39, 0.29) is 24.5 Å². The van der Waals surface area contributed by atoms with Crippen LogP contribution in [0, 0.1) is 0 Å². The van der Waals surface area contributed by atoms with Crippen molar-refractivity contribution in [3.63, 3.8) is 0 Å². The number of aliphatic imine (C=N–C) groups is 1. The van der Waals surface area contributed by atoms with Crippen LogP contribution in [0.2, 0.25) is 0 Å². The molecule has 36 heavy (non-hydrogen) atoms. The minimum atomic E-state index is -0.502. The standard InChI is InChI=1S/C28H29N3O4S/c1-17(2)34-27(33)25-18(3)29-28-31(21(16-36-28)15-24(32)30-20-12-13-20)26(25)19-8-7-11-23(14-19)35-22-9-5-4-6-10-22/h4-11,14,16-17,20,26H,12-13,15H2,1-3H3,(H,30,32)/t26-/m1/s1. The van der Waals surface area contributed by atoms with E-state index in [9.17, 15) is 9.59 Å². The quantitative estimate of drug-likeness (QED) is 0.467. The molecule has 0 aromatic heterocycles. The van der Waals surface area contributed by atoms with E-state index in [4.69, 9.17) is 14.5 Å². The summed E-state index contributed by atoms with van der Waals surface area (Å²) in [7, 11) is 0. The number of fused-ring (bicyclic) bond motifs is 1. The molecule has 0 bridgehead atoms. The Morgan fingerprint density at radius 2 is 1.86 bits per heavy atom. The maximum absolute atomic E-state index is 13.3. The number of rotatable bonds is 8. The highest BCUT2D eigenvalue weighted by Gasteiger charge is 2.41. The van der Waals surface area contributed by atoms with Crippen LogP contribution in [-0.2, 0) is 14.3 Å². The number of ether oxygens (including phenoxy) is 2. The lowest BCUT2D eigenvalue weighted by atomic mass is 9.93. The minimum Gasteiger partial charge on any atom is -0.459 e. The molecule has 2 aliphatic heterocycles. The van der Waals surface area contributed by atoms with Crippen molar-refractivity contribution in [3.8, 4) is 11.5 Å². The molecule has 1 atom stereocenters. The summed E-state index contributed by atoms with van der Waals surface area (Å²) in [4.78, 5) is 32.7. The predicted octanol–water partition coefficient (Wildman–Crippen LogP) is 5.67. The van der Waals surface area contributed by atoms with Gasteiger partial charge in [-0.3, -0.25) is 4.79 Å². The van der Waals surface area contributed by atoms with E-state index in [1.807, 2.05) is 85.7 Å². The number of carbonyl (C=O) groups is 2. The zero-order chi connectivity index (χ0) is 25.2. The zero-order valence-electron chi connectivity index (χ0n) is 20.6. The molecule has 186 valence electrons. The zero-order valence-corrected chi connectivity index (χ0v) is 21.4. The summed E-state index contributed by atoms with van der Waals surface area (Å²) in [5, 5.41) is 5.75. The Hall–Kier alpha value is -3.52. The van der Waals surface area contributed by atoms with Crippen LogP contribution in [0.4, 0.5) is 0 Å². The van der Waals surface area contributed by atoms with Crippen molar-refractivity contribution in [2.75, 3.05) is 0 Å². The fourth-order valence-corrected chi connectivity index (χ4v) is 5.23. The Bertz CT molecular complexity index is 1260. The molecule has 1 amide bonds. The third-order valence-electron chi connectivity index (χ3n) is 6.00. The number of amides is 1. The van der Waals surface area contributed by atoms with E-state index in [1.165, 1.54) is 11.8 Å². The van der Waals surface area contributed by atoms with Crippen molar-refractivity contribution in [2.24, 2.45) is 4.99 Å². The van der Waals surface area contributed by atoms with Crippen molar-refractivity contribution in [1.29, 1.82) is 0 Å². The van der Waals surface area contributed by atoms with Crippen molar-refractivity contribution in [2.45, 2.75) is 58.2 Å². The van der Waals surface area contributed by atoms with Gasteiger partial charge in [0.05, 0.1) is 29.8 Å². The van der Waals surface area contributed by atoms with E-state index in [1.54, 1.807) is 0 Å². The van der Waals surface area contributed by atoms with E-state index >= 15 is 0 Å². The van der Waals surface area contributed by atoms with Gasteiger partial charge in [-0.25, -0.2) is 9.79 Å². The molecule has 2 aromatic rings. The first-order valence-electron chi connectivity index (χ1n) is 12.2. The van der Waals surface area contributed by atoms with Gasteiger partial charge in [0, 0.05) is 11.7 Å². The second-order valence-corrected chi connectivity index (χ2v) is 10.2. The molecular formula is C28H29N3O4S. The topological polar surface area (TPSA) is 80.2 Å². The van der Waals surface area contributed by atoms with Crippen LogP contribution >= 0.6 is 11.8 Å². The molecule has 1 aliphatic carbocycles. The summed E-state index contributed by atoms with van der Waals surface area (Å²) in [6.07, 6.45) is 1.99. The van der Waals surface area contributed by atoms with Crippen LogP contribution in [0.15, 0.2) is 82.0 Å². The Labute approximate surface area is 215 Å². The second kappa shape index (κ2) is 10.2. The van der Waals surface area contributed by atoms with Gasteiger partial charge in [0.15, 0.2) is 5.17 Å². The number of carbonyl (C=O) groups excluding carboxylic acids is 2. The van der Waals surface area contributed by atoms with Gasteiger partial charge in [-0.1, -0.05) is 42.1 Å². The van der Waals surface area contributed by atoms with E-state index in [0.29, 0.717) is 17.0 Å². The molecule has 1 N–H and O–H groups in total. The number of benzene rings is 2. The largest absolute Gasteiger partial charge is 0.459 e. The maximum Gasteiger partial charge on any atom is 0.338 e. The Morgan fingerprint density at radius 3 is 2.58 bits per heavy atom. The van der Waals surface area contributed by atoms with Gasteiger partial charge in [-0.2, -0.15) is 0 Å². The molecule has 3 aliphatic rings. The molecule has 2 heterocycles. The Kier molecular flexibility index (Phi) is 6.87. The van der Waals surface area contributed by atoms with Crippen LogP contribution < -0.4 is 10.1 Å². The molecule has 0 saturated heterocycles. The van der Waals surface area contributed by atoms with Crippen molar-refractivity contribution < 1.29 is 19.1 Å². The summed E-state index contributed by atoms with van der Waals surface area (Å²) < 4.78 is 11.7. The van der Waals surface area contributed by atoms with E-state index in [0.717, 1.165) is 35.0 Å². The molecule has 0 unspecified atom stereocenters. The van der Waals surface area contributed by atoms with E-state index in [2.05, 4.69) is 5.32 Å². The number of allylic oxidation sites excluding steroid dienone is 1. The molecule has 1 saturated carbocycles. The molecule has 8 heteroatoms. The number of thioether (sulfide) groups is 1. The first kappa shape index (κ1) is 24.2. The highest BCUT2D eigenvalue weighted by molar-refractivity contribution is 8.16. The molecule has 1 fully saturated rings. The maximum atomic E-state index is 13.3. The van der Waals surface area contributed by atoms with Gasteiger partial charge in [-0.05, 0) is 68.8 Å². The number of hydrogen-bond donors (Lipinski definition) is 1. The van der Waals surface area contributed by atoms with Gasteiger partial charge in [0.25, 0.3) is 0 Å². The summed E-state index contributed by atoms with van der Waals surface area (Å²) in [5.74, 6) is 0.938. The number of nitrogens with one attached hydrogen (secondary N) is 1. The molecular weight excluding hydrogens is 474 g/mol. The smallest absolute Gasteiger partial charge is 0.338 e. The van der Waals surface area contributed by atoms with Gasteiger partial charge in [0.1, 0.15) is 11.5 Å². The molecule has 5 rings (SSSR count). The summed E-state index contributed by atoms with van der Waals surface area (Å²) >= 11 is 1.46. The van der Waals surface area contributed by atoms with Crippen molar-refractivity contribution in [3.05, 3.63) is 82.5 Å². The average Bonchev–Trinajstić information content (AvgIpc) is 3.57. The fraction of sp³-hybridized carbons (Fsp3) is 0.321. The number of nitrogens with zero attached hydrogens (tertiary/aromatic N) is 2. The highest BCUT2D eigenvalue weighted by Crippen LogP contribution is 2.45. The van der Waals surface area contributed by atoms with Crippen LogP contribution in [-0.4, -0.2) is 34.1 Å². The van der Waals surface area contributed by atoms with Crippen LogP contribution in [0.1, 0.15) is 51.6 Å². The molecule has 2 aromatic carbocycles. The van der Waals surface area contributed by atoms with Crippen LogP contribution in [0.25, 0.3) is 0 Å². The number of para-hydroxylation sites is 1. The number of hydrogen-bond acceptors (Lipinski definition) is 7. The summed E-state index contributed by atoms with van der Waals surface area (Å²) in [5.41, 5.74) is 2.72. The normalized spacial score (nSPS) is 19.0. The average molecular weight is 504 g/mol. The number of esters is 1. The van der Waals surface area contributed by atoms with Crippen LogP contribution in [0.5, 0.6) is 11.5 Å². The predicted molar refractivity (Wildman–Crippen MR) is 140 cm³/mol. The van der Waals surface area contributed by atoms with Crippen molar-refractivity contribution >= 4 is 28.8 Å². The Morgan fingerprint density at radius 1 is 1.11 bits per heavy atom. The number of amidine groups is 1. The van der Waals surface area contributed by atoms with E-state index < -0.39 is 12.0 Å². The Balaban J connectivity index is 1.51. The second-order valence-electron chi connectivity index (χ2n) is 9.35. The lowest BCUT2D eigenvalue weighted by Crippen LogP contribution is -2.38. The molecule has 0 radical (unpaired) electrons.